The van der Waals surface area contributed by atoms with Gasteiger partial charge in [-0.1, -0.05) is 0 Å². The van der Waals surface area contributed by atoms with Crippen molar-refractivity contribution in [3.05, 3.63) is 58.1 Å². The number of primary sulfonamides is 1. The molecule has 1 unspecified atom stereocenters. The van der Waals surface area contributed by atoms with Crippen LogP contribution in [0.25, 0.3) is 22.0 Å². The first kappa shape index (κ1) is 26.3. The number of pyridine rings is 2. The minimum atomic E-state index is -3.67. The molecule has 210 valence electrons. The number of fused-ring (bicyclic) bond motifs is 2. The number of rotatable bonds is 5. The maximum Gasteiger partial charge on any atom is 0.253 e. The summed E-state index contributed by atoms with van der Waals surface area (Å²) in [5.41, 5.74) is 5.41. The highest BCUT2D eigenvalue weighted by Crippen LogP contribution is 2.43. The predicted molar refractivity (Wildman–Crippen MR) is 156 cm³/mol. The summed E-state index contributed by atoms with van der Waals surface area (Å²) in [4.78, 5) is 22.2. The molecule has 0 bridgehead atoms. The van der Waals surface area contributed by atoms with E-state index < -0.39 is 15.3 Å². The van der Waals surface area contributed by atoms with E-state index in [4.69, 9.17) is 14.9 Å². The number of aromatic nitrogens is 4. The molecule has 1 saturated heterocycles. The minimum Gasteiger partial charge on any atom is -0.496 e. The van der Waals surface area contributed by atoms with Crippen LogP contribution in [0.2, 0.25) is 0 Å². The molecule has 2 aliphatic rings. The third kappa shape index (κ3) is 4.40. The van der Waals surface area contributed by atoms with Gasteiger partial charge in [0, 0.05) is 79.8 Å². The number of nitrogens with two attached hydrogens (primary N) is 1. The average Bonchev–Trinajstić information content (AvgIpc) is 3.60. The van der Waals surface area contributed by atoms with Gasteiger partial charge in [-0.05, 0) is 43.9 Å². The summed E-state index contributed by atoms with van der Waals surface area (Å²) in [7, 11) is 1.65. The maximum atomic E-state index is 12.9. The molecule has 5 heterocycles. The number of hydrogen-bond acceptors (Lipinski definition) is 8. The molecule has 3 aromatic heterocycles. The van der Waals surface area contributed by atoms with Crippen LogP contribution < -0.4 is 25.2 Å². The summed E-state index contributed by atoms with van der Waals surface area (Å²) < 4.78 is 33.4. The number of sulfonamides is 1. The van der Waals surface area contributed by atoms with E-state index in [-0.39, 0.29) is 12.1 Å². The smallest absolute Gasteiger partial charge is 0.253 e. The topological polar surface area (TPSA) is 129 Å². The lowest BCUT2D eigenvalue weighted by molar-refractivity contribution is 0.416. The Balaban J connectivity index is 1.53. The van der Waals surface area contributed by atoms with Crippen molar-refractivity contribution in [1.29, 1.82) is 0 Å². The van der Waals surface area contributed by atoms with E-state index in [1.54, 1.807) is 23.4 Å². The van der Waals surface area contributed by atoms with Crippen LogP contribution in [-0.4, -0.2) is 59.7 Å². The van der Waals surface area contributed by atoms with Crippen LogP contribution in [-0.2, 0) is 30.5 Å². The lowest BCUT2D eigenvalue weighted by Gasteiger charge is -2.33. The summed E-state index contributed by atoms with van der Waals surface area (Å²) in [6.45, 7) is 3.31. The van der Waals surface area contributed by atoms with E-state index >= 15 is 0 Å². The van der Waals surface area contributed by atoms with Gasteiger partial charge in [0.25, 0.3) is 5.56 Å². The van der Waals surface area contributed by atoms with Crippen LogP contribution in [0.1, 0.15) is 24.0 Å². The molecule has 12 heteroatoms. The first-order chi connectivity index (χ1) is 19.0. The summed E-state index contributed by atoms with van der Waals surface area (Å²) >= 11 is 0. The van der Waals surface area contributed by atoms with E-state index in [9.17, 15) is 13.2 Å². The van der Waals surface area contributed by atoms with E-state index in [1.807, 2.05) is 43.4 Å². The van der Waals surface area contributed by atoms with Crippen LogP contribution in [0.15, 0.2) is 41.5 Å². The molecule has 2 aliphatic heterocycles. The number of benzene rings is 1. The van der Waals surface area contributed by atoms with Gasteiger partial charge in [-0.3, -0.25) is 9.48 Å². The van der Waals surface area contributed by atoms with Gasteiger partial charge in [-0.25, -0.2) is 18.5 Å². The number of aryl methyl sites for hydroxylation is 4. The van der Waals surface area contributed by atoms with Crippen molar-refractivity contribution in [1.82, 2.24) is 19.3 Å². The van der Waals surface area contributed by atoms with Crippen LogP contribution in [0.3, 0.4) is 0 Å². The lowest BCUT2D eigenvalue weighted by atomic mass is 9.96. The average molecular weight is 564 g/mol. The quantitative estimate of drug-likeness (QED) is 0.392. The van der Waals surface area contributed by atoms with Gasteiger partial charge < -0.3 is 19.1 Å². The molecule has 0 saturated carbocycles. The van der Waals surface area contributed by atoms with Crippen molar-refractivity contribution in [2.45, 2.75) is 31.4 Å². The Morgan fingerprint density at radius 2 is 1.93 bits per heavy atom. The van der Waals surface area contributed by atoms with E-state index in [0.717, 1.165) is 58.7 Å². The fraction of sp³-hybridized carbons (Fsp3) is 0.393. The highest BCUT2D eigenvalue weighted by molar-refractivity contribution is 7.89. The second-order valence-electron chi connectivity index (χ2n) is 10.7. The van der Waals surface area contributed by atoms with Crippen molar-refractivity contribution in [3.63, 3.8) is 0 Å². The molecule has 4 aromatic rings. The van der Waals surface area contributed by atoms with E-state index in [1.165, 1.54) is 5.56 Å². The highest BCUT2D eigenvalue weighted by atomic mass is 32.2. The summed E-state index contributed by atoms with van der Waals surface area (Å²) in [6.07, 6.45) is 6.05. The van der Waals surface area contributed by atoms with Gasteiger partial charge >= 0.3 is 0 Å². The van der Waals surface area contributed by atoms with E-state index in [0.29, 0.717) is 24.3 Å². The molecule has 1 aromatic carbocycles. The summed E-state index contributed by atoms with van der Waals surface area (Å²) in [5, 5.41) is 10.0. The number of methoxy groups -OCH3 is 1. The Morgan fingerprint density at radius 3 is 2.60 bits per heavy atom. The van der Waals surface area contributed by atoms with Gasteiger partial charge in [0.2, 0.25) is 10.0 Å². The number of nitrogens with zero attached hydrogens (tertiary/aromatic N) is 6. The van der Waals surface area contributed by atoms with Crippen LogP contribution >= 0.6 is 0 Å². The zero-order chi connectivity index (χ0) is 28.3. The maximum absolute atomic E-state index is 12.9. The third-order valence-corrected chi connectivity index (χ3v) is 9.41. The van der Waals surface area contributed by atoms with Crippen molar-refractivity contribution in [2.75, 3.05) is 36.5 Å². The van der Waals surface area contributed by atoms with Gasteiger partial charge in [0.1, 0.15) is 17.4 Å². The SMILES string of the molecule is COc1cc2c(cc1-c1cnn(C)c1)CCCN2c1nc(N2CCC(S(N)(=O)=O)C2)cc2c1cc(C)c(=O)n2C. The first-order valence-electron chi connectivity index (χ1n) is 13.3. The summed E-state index contributed by atoms with van der Waals surface area (Å²) in [6, 6.07) is 8.00. The van der Waals surface area contributed by atoms with Gasteiger partial charge in [0.05, 0.1) is 24.1 Å². The standard InChI is InChI=1S/C28H33N7O4S/c1-17-10-22-24(33(3)28(17)36)13-26(34-9-7-20(16-34)40(29,37)38)31-27(22)35-8-5-6-18-11-21(19-14-30-32(2)15-19)25(39-4)12-23(18)35/h10-15,20H,5-9,16H2,1-4H3,(H2,29,37,38). The normalized spacial score (nSPS) is 17.5. The van der Waals surface area contributed by atoms with Crippen LogP contribution in [0.4, 0.5) is 17.3 Å². The van der Waals surface area contributed by atoms with Crippen molar-refractivity contribution in [3.8, 4) is 16.9 Å². The lowest BCUT2D eigenvalue weighted by Crippen LogP contribution is -2.32. The second kappa shape index (κ2) is 9.63. The zero-order valence-corrected chi connectivity index (χ0v) is 23.9. The monoisotopic (exact) mass is 563 g/mol. The fourth-order valence-corrected chi connectivity index (χ4v) is 6.77. The molecule has 0 spiro atoms. The zero-order valence-electron chi connectivity index (χ0n) is 23.1. The molecular weight excluding hydrogens is 530 g/mol. The van der Waals surface area contributed by atoms with Crippen molar-refractivity contribution < 1.29 is 13.2 Å². The Kier molecular flexibility index (Phi) is 6.34. The Hall–Kier alpha value is -3.90. The van der Waals surface area contributed by atoms with E-state index in [2.05, 4.69) is 22.1 Å². The minimum absolute atomic E-state index is 0.0822. The molecule has 2 N–H and O–H groups in total. The molecule has 6 rings (SSSR count). The second-order valence-corrected chi connectivity index (χ2v) is 12.6. The number of ether oxygens (including phenoxy) is 1. The molecule has 40 heavy (non-hydrogen) atoms. The van der Waals surface area contributed by atoms with Crippen LogP contribution in [0.5, 0.6) is 5.75 Å². The molecule has 0 radical (unpaired) electrons. The molecular formula is C28H33N7O4S. The fourth-order valence-electron chi connectivity index (χ4n) is 5.94. The molecule has 0 aliphatic carbocycles. The van der Waals surface area contributed by atoms with Crippen LogP contribution in [0, 0.1) is 6.92 Å². The Labute approximate surface area is 232 Å². The first-order valence-corrected chi connectivity index (χ1v) is 14.9. The highest BCUT2D eigenvalue weighted by Gasteiger charge is 2.33. The Bertz CT molecular complexity index is 1810. The molecule has 1 atom stereocenters. The largest absolute Gasteiger partial charge is 0.496 e. The Morgan fingerprint density at radius 1 is 1.12 bits per heavy atom. The van der Waals surface area contributed by atoms with Gasteiger partial charge in [-0.15, -0.1) is 0 Å². The number of hydrogen-bond donors (Lipinski definition) is 1. The number of anilines is 3. The van der Waals surface area contributed by atoms with Gasteiger partial charge in [-0.2, -0.15) is 5.10 Å². The molecule has 11 nitrogen and oxygen atoms in total. The third-order valence-electron chi connectivity index (χ3n) is 8.09. The predicted octanol–water partition coefficient (Wildman–Crippen LogP) is 2.60. The molecule has 1 fully saturated rings. The van der Waals surface area contributed by atoms with Gasteiger partial charge in [0.15, 0.2) is 0 Å². The summed E-state index contributed by atoms with van der Waals surface area (Å²) in [5.74, 6) is 2.08. The van der Waals surface area contributed by atoms with Crippen molar-refractivity contribution >= 4 is 38.2 Å². The molecule has 0 amide bonds. The van der Waals surface area contributed by atoms with Crippen molar-refractivity contribution in [2.24, 2.45) is 19.2 Å².